The van der Waals surface area contributed by atoms with Gasteiger partial charge in [0.25, 0.3) is 0 Å². The molecule has 2 rings (SSSR count). The molecule has 1 aromatic carbocycles. The first kappa shape index (κ1) is 11.8. The lowest BCUT2D eigenvalue weighted by molar-refractivity contribution is -0.850. The van der Waals surface area contributed by atoms with E-state index in [2.05, 4.69) is 0 Å². The van der Waals surface area contributed by atoms with Crippen LogP contribution in [0.15, 0.2) is 18.2 Å². The molecule has 0 N–H and O–H groups in total. The zero-order chi connectivity index (χ0) is 12.0. The lowest BCUT2D eigenvalue weighted by atomic mass is 9.95. The summed E-state index contributed by atoms with van der Waals surface area (Å²) in [6.07, 6.45) is 0.148. The molecule has 0 radical (unpaired) electrons. The molecule has 0 aliphatic carbocycles. The summed E-state index contributed by atoms with van der Waals surface area (Å²) in [5.74, 6) is -0.577. The molecular formula is C11H12ClF2NO. The fraction of sp³-hybridized carbons (Fsp3) is 0.455. The Labute approximate surface area is 97.6 Å². The van der Waals surface area contributed by atoms with Gasteiger partial charge in [0.2, 0.25) is 0 Å². The van der Waals surface area contributed by atoms with E-state index in [4.69, 9.17) is 11.6 Å². The second kappa shape index (κ2) is 3.65. The van der Waals surface area contributed by atoms with Gasteiger partial charge >= 0.3 is 0 Å². The van der Waals surface area contributed by atoms with Gasteiger partial charge in [-0.15, -0.1) is 0 Å². The van der Waals surface area contributed by atoms with Gasteiger partial charge in [-0.05, 0) is 17.7 Å². The number of likely N-dealkylation sites (N-methyl/N-ethyl adjacent to an activating group) is 1. The van der Waals surface area contributed by atoms with Gasteiger partial charge in [0, 0.05) is 6.42 Å². The molecule has 5 heteroatoms. The van der Waals surface area contributed by atoms with Crippen LogP contribution < -0.4 is 0 Å². The van der Waals surface area contributed by atoms with Crippen LogP contribution >= 0.6 is 11.6 Å². The Kier molecular flexibility index (Phi) is 2.69. The first-order valence-electron chi connectivity index (χ1n) is 5.02. The number of likely N-dealkylation sites (tertiary alicyclic amines) is 1. The van der Waals surface area contributed by atoms with E-state index in [0.29, 0.717) is 0 Å². The molecule has 0 bridgehead atoms. The Morgan fingerprint density at radius 2 is 2.19 bits per heavy atom. The van der Waals surface area contributed by atoms with E-state index in [0.717, 1.165) is 6.07 Å². The number of hydrogen-bond acceptors (Lipinski definition) is 1. The number of halogens is 3. The minimum atomic E-state index is -1.69. The molecule has 1 aromatic rings. The summed E-state index contributed by atoms with van der Waals surface area (Å²) < 4.78 is 26.8. The monoisotopic (exact) mass is 247 g/mol. The van der Waals surface area contributed by atoms with Crippen LogP contribution in [0.2, 0.25) is 5.02 Å². The third-order valence-electron chi connectivity index (χ3n) is 3.00. The van der Waals surface area contributed by atoms with Crippen LogP contribution in [0.3, 0.4) is 0 Å². The predicted molar refractivity (Wildman–Crippen MR) is 58.1 cm³/mol. The van der Waals surface area contributed by atoms with Crippen LogP contribution in [-0.2, 0) is 5.67 Å². The SMILES string of the molecule is C[N+]1([O-])CCC(F)(c2ccc(F)c(Cl)c2)C1. The van der Waals surface area contributed by atoms with Crippen molar-refractivity contribution in [1.29, 1.82) is 0 Å². The Bertz CT molecular complexity index is 424. The maximum Gasteiger partial charge on any atom is 0.190 e. The average Bonchev–Trinajstić information content (AvgIpc) is 2.47. The Morgan fingerprint density at radius 3 is 2.69 bits per heavy atom. The summed E-state index contributed by atoms with van der Waals surface area (Å²) in [5, 5.41) is 11.5. The molecule has 0 spiro atoms. The Hall–Kier alpha value is -0.710. The summed E-state index contributed by atoms with van der Waals surface area (Å²) in [7, 11) is 1.44. The highest BCUT2D eigenvalue weighted by Gasteiger charge is 2.45. The highest BCUT2D eigenvalue weighted by atomic mass is 35.5. The van der Waals surface area contributed by atoms with Crippen LogP contribution in [0.5, 0.6) is 0 Å². The van der Waals surface area contributed by atoms with E-state index < -0.39 is 16.1 Å². The van der Waals surface area contributed by atoms with Crippen molar-refractivity contribution in [3.63, 3.8) is 0 Å². The summed E-state index contributed by atoms with van der Waals surface area (Å²) in [5.41, 5.74) is -1.40. The topological polar surface area (TPSA) is 23.1 Å². The first-order chi connectivity index (χ1) is 7.32. The Morgan fingerprint density at radius 1 is 1.50 bits per heavy atom. The zero-order valence-corrected chi connectivity index (χ0v) is 9.60. The van der Waals surface area contributed by atoms with Crippen molar-refractivity contribution < 1.29 is 13.4 Å². The van der Waals surface area contributed by atoms with Gasteiger partial charge in [-0.2, -0.15) is 0 Å². The van der Waals surface area contributed by atoms with Crippen LogP contribution in [0.4, 0.5) is 8.78 Å². The predicted octanol–water partition coefficient (Wildman–Crippen LogP) is 2.99. The second-order valence-electron chi connectivity index (χ2n) is 4.52. The largest absolute Gasteiger partial charge is 0.633 e. The molecule has 0 amide bonds. The van der Waals surface area contributed by atoms with Crippen molar-refractivity contribution in [3.8, 4) is 0 Å². The molecular weight excluding hydrogens is 236 g/mol. The quantitative estimate of drug-likeness (QED) is 0.553. The van der Waals surface area contributed by atoms with E-state index in [9.17, 15) is 14.0 Å². The van der Waals surface area contributed by atoms with Crippen molar-refractivity contribution in [2.75, 3.05) is 20.1 Å². The van der Waals surface area contributed by atoms with Gasteiger partial charge < -0.3 is 9.85 Å². The summed E-state index contributed by atoms with van der Waals surface area (Å²) in [6, 6.07) is 3.75. The molecule has 1 aliphatic rings. The van der Waals surface area contributed by atoms with Crippen LogP contribution in [-0.4, -0.2) is 24.8 Å². The van der Waals surface area contributed by atoms with Crippen molar-refractivity contribution in [1.82, 2.24) is 0 Å². The third-order valence-corrected chi connectivity index (χ3v) is 3.29. The van der Waals surface area contributed by atoms with Gasteiger partial charge in [0.05, 0.1) is 18.6 Å². The molecule has 88 valence electrons. The molecule has 1 aliphatic heterocycles. The molecule has 1 fully saturated rings. The van der Waals surface area contributed by atoms with Gasteiger partial charge in [-0.3, -0.25) is 0 Å². The van der Waals surface area contributed by atoms with E-state index in [1.165, 1.54) is 19.2 Å². The fourth-order valence-electron chi connectivity index (χ4n) is 2.11. The normalized spacial score (nSPS) is 34.3. The van der Waals surface area contributed by atoms with Crippen molar-refractivity contribution in [2.45, 2.75) is 12.1 Å². The number of rotatable bonds is 1. The third kappa shape index (κ3) is 2.05. The standard InChI is InChI=1S/C11H12ClF2NO/c1-15(16)5-4-11(14,7-15)8-2-3-10(13)9(12)6-8/h2-3,6H,4-5,7H2,1H3. The smallest absolute Gasteiger partial charge is 0.190 e. The molecule has 0 saturated carbocycles. The summed E-state index contributed by atoms with van der Waals surface area (Å²) in [4.78, 5) is 0. The highest BCUT2D eigenvalue weighted by Crippen LogP contribution is 2.39. The lowest BCUT2D eigenvalue weighted by Crippen LogP contribution is -2.37. The van der Waals surface area contributed by atoms with Crippen LogP contribution in [0.1, 0.15) is 12.0 Å². The van der Waals surface area contributed by atoms with Gasteiger partial charge in [0.15, 0.2) is 5.67 Å². The summed E-state index contributed by atoms with van der Waals surface area (Å²) in [6.45, 7) is 0.0838. The number of benzene rings is 1. The number of alkyl halides is 1. The van der Waals surface area contributed by atoms with Crippen molar-refractivity contribution >= 4 is 11.6 Å². The second-order valence-corrected chi connectivity index (χ2v) is 4.93. The minimum Gasteiger partial charge on any atom is -0.633 e. The number of quaternary nitrogens is 1. The fourth-order valence-corrected chi connectivity index (χ4v) is 2.29. The van der Waals surface area contributed by atoms with E-state index >= 15 is 0 Å². The van der Waals surface area contributed by atoms with Gasteiger partial charge in [0.1, 0.15) is 12.4 Å². The van der Waals surface area contributed by atoms with E-state index in [-0.39, 0.29) is 30.1 Å². The van der Waals surface area contributed by atoms with Crippen molar-refractivity contribution in [3.05, 3.63) is 39.8 Å². The average molecular weight is 248 g/mol. The maximum absolute atomic E-state index is 14.5. The lowest BCUT2D eigenvalue weighted by Gasteiger charge is -2.34. The molecule has 2 nitrogen and oxygen atoms in total. The molecule has 1 heterocycles. The van der Waals surface area contributed by atoms with Crippen LogP contribution in [0.25, 0.3) is 0 Å². The van der Waals surface area contributed by atoms with Crippen molar-refractivity contribution in [2.24, 2.45) is 0 Å². The first-order valence-corrected chi connectivity index (χ1v) is 5.40. The van der Waals surface area contributed by atoms with Gasteiger partial charge in [-0.1, -0.05) is 17.7 Å². The zero-order valence-electron chi connectivity index (χ0n) is 8.84. The summed E-state index contributed by atoms with van der Waals surface area (Å²) >= 11 is 5.60. The maximum atomic E-state index is 14.5. The number of hydrogen-bond donors (Lipinski definition) is 0. The number of hydroxylamine groups is 3. The molecule has 1 saturated heterocycles. The Balaban J connectivity index is 2.34. The molecule has 2 atom stereocenters. The minimum absolute atomic E-state index is 0.110. The van der Waals surface area contributed by atoms with Crippen LogP contribution in [0, 0.1) is 11.0 Å². The number of nitrogens with zero attached hydrogens (tertiary/aromatic N) is 1. The van der Waals surface area contributed by atoms with Gasteiger partial charge in [-0.25, -0.2) is 8.78 Å². The molecule has 2 unspecified atom stereocenters. The van der Waals surface area contributed by atoms with E-state index in [1.54, 1.807) is 0 Å². The molecule has 0 aromatic heterocycles. The highest BCUT2D eigenvalue weighted by molar-refractivity contribution is 6.30. The van der Waals surface area contributed by atoms with E-state index in [1.807, 2.05) is 0 Å². The molecule has 16 heavy (non-hydrogen) atoms.